The lowest BCUT2D eigenvalue weighted by Crippen LogP contribution is -2.26. The first-order chi connectivity index (χ1) is 14.2. The average Bonchev–Trinajstić information content (AvgIpc) is 3.29. The SMILES string of the molecule is COc1ccc(C2=NN(C(C)=O)P3C2C3(c2ccccc2)c2ccccc2)cc1. The van der Waals surface area contributed by atoms with E-state index in [-0.39, 0.29) is 16.7 Å². The maximum absolute atomic E-state index is 12.5. The standard InChI is InChI=1S/C24H21N2O2P/c1-17(27)26-25-22(18-13-15-21(28-2)16-14-18)23-24(29(23)26,19-9-5-3-6-10-19)20-11-7-4-8-12-20/h3-16,23H,1-2H3. The fraction of sp³-hybridized carbons (Fsp3) is 0.167. The molecule has 2 unspecified atom stereocenters. The number of nitrogens with zero attached hydrogens (tertiary/aromatic N) is 2. The van der Waals surface area contributed by atoms with Gasteiger partial charge in [-0.1, -0.05) is 60.7 Å². The number of hydrogen-bond acceptors (Lipinski definition) is 3. The Bertz CT molecular complexity index is 1040. The lowest BCUT2D eigenvalue weighted by molar-refractivity contribution is -0.124. The van der Waals surface area contributed by atoms with Crippen molar-refractivity contribution in [1.29, 1.82) is 0 Å². The number of rotatable bonds is 4. The topological polar surface area (TPSA) is 41.9 Å². The summed E-state index contributed by atoms with van der Waals surface area (Å²) in [4.78, 5) is 12.5. The monoisotopic (exact) mass is 400 g/mol. The van der Waals surface area contributed by atoms with Crippen molar-refractivity contribution in [3.63, 3.8) is 0 Å². The number of amides is 1. The van der Waals surface area contributed by atoms with E-state index in [1.165, 1.54) is 11.1 Å². The highest BCUT2D eigenvalue weighted by Gasteiger charge is 2.75. The molecule has 3 aromatic carbocycles. The molecule has 5 heteroatoms. The van der Waals surface area contributed by atoms with Gasteiger partial charge in [-0.25, -0.2) is 4.78 Å². The zero-order valence-corrected chi connectivity index (χ0v) is 17.2. The number of carbonyl (C=O) groups is 1. The highest BCUT2D eigenvalue weighted by molar-refractivity contribution is 7.68. The summed E-state index contributed by atoms with van der Waals surface area (Å²) < 4.78 is 7.06. The molecule has 1 fully saturated rings. The summed E-state index contributed by atoms with van der Waals surface area (Å²) in [6.07, 6.45) is 0. The molecule has 4 nitrogen and oxygen atoms in total. The molecule has 29 heavy (non-hydrogen) atoms. The van der Waals surface area contributed by atoms with Gasteiger partial charge in [0.2, 0.25) is 5.91 Å². The van der Waals surface area contributed by atoms with Gasteiger partial charge in [-0.2, -0.15) is 5.10 Å². The first kappa shape index (κ1) is 18.1. The molecule has 2 aliphatic heterocycles. The Morgan fingerprint density at radius 2 is 1.48 bits per heavy atom. The van der Waals surface area contributed by atoms with E-state index in [1.54, 1.807) is 18.8 Å². The number of ether oxygens (including phenoxy) is 1. The number of methoxy groups -OCH3 is 1. The molecular weight excluding hydrogens is 379 g/mol. The van der Waals surface area contributed by atoms with Crippen LogP contribution >= 0.6 is 8.07 Å². The Kier molecular flexibility index (Phi) is 4.25. The summed E-state index contributed by atoms with van der Waals surface area (Å²) in [6, 6.07) is 29.1. The average molecular weight is 400 g/mol. The van der Waals surface area contributed by atoms with Gasteiger partial charge in [0.25, 0.3) is 0 Å². The van der Waals surface area contributed by atoms with E-state index in [0.29, 0.717) is 0 Å². The van der Waals surface area contributed by atoms with E-state index in [4.69, 9.17) is 9.84 Å². The van der Waals surface area contributed by atoms with Crippen LogP contribution in [0.4, 0.5) is 0 Å². The van der Waals surface area contributed by atoms with Crippen molar-refractivity contribution in [3.05, 3.63) is 102 Å². The van der Waals surface area contributed by atoms with Crippen molar-refractivity contribution in [2.24, 2.45) is 5.10 Å². The third-order valence-corrected chi connectivity index (χ3v) is 8.81. The predicted octanol–water partition coefficient (Wildman–Crippen LogP) is 4.98. The lowest BCUT2D eigenvalue weighted by atomic mass is 9.85. The fourth-order valence-corrected chi connectivity index (χ4v) is 7.79. The van der Waals surface area contributed by atoms with Gasteiger partial charge >= 0.3 is 0 Å². The van der Waals surface area contributed by atoms with Crippen LogP contribution in [0, 0.1) is 0 Å². The van der Waals surface area contributed by atoms with Gasteiger partial charge in [0.1, 0.15) is 5.75 Å². The van der Waals surface area contributed by atoms with Crippen LogP contribution in [-0.4, -0.2) is 29.2 Å². The van der Waals surface area contributed by atoms with Crippen molar-refractivity contribution in [3.8, 4) is 5.75 Å². The summed E-state index contributed by atoms with van der Waals surface area (Å²) in [6.45, 7) is 1.61. The molecular formula is C24H21N2O2P. The highest BCUT2D eigenvalue weighted by Crippen LogP contribution is 2.87. The second-order valence-electron chi connectivity index (χ2n) is 7.27. The molecule has 0 radical (unpaired) electrons. The maximum Gasteiger partial charge on any atom is 0.242 e. The van der Waals surface area contributed by atoms with Gasteiger partial charge in [-0.15, -0.1) is 0 Å². The molecule has 2 atom stereocenters. The van der Waals surface area contributed by atoms with Crippen LogP contribution in [0.25, 0.3) is 0 Å². The van der Waals surface area contributed by atoms with Crippen molar-refractivity contribution < 1.29 is 9.53 Å². The molecule has 0 bridgehead atoms. The summed E-state index contributed by atoms with van der Waals surface area (Å²) >= 11 is 0. The molecule has 1 saturated heterocycles. The molecule has 0 N–H and O–H groups in total. The smallest absolute Gasteiger partial charge is 0.242 e. The van der Waals surface area contributed by atoms with E-state index in [2.05, 4.69) is 48.5 Å². The number of fused-ring (bicyclic) bond motifs is 1. The molecule has 1 amide bonds. The first-order valence-corrected chi connectivity index (χ1v) is 11.0. The minimum Gasteiger partial charge on any atom is -0.497 e. The second-order valence-corrected chi connectivity index (χ2v) is 9.56. The van der Waals surface area contributed by atoms with Gasteiger partial charge in [0, 0.05) is 15.0 Å². The number of hydrazone groups is 1. The Morgan fingerprint density at radius 1 is 0.931 bits per heavy atom. The largest absolute Gasteiger partial charge is 0.497 e. The Balaban J connectivity index is 1.68. The number of hydrogen-bond donors (Lipinski definition) is 0. The van der Waals surface area contributed by atoms with Crippen LogP contribution in [0.5, 0.6) is 5.75 Å². The minimum atomic E-state index is -0.827. The third-order valence-electron chi connectivity index (χ3n) is 5.69. The van der Waals surface area contributed by atoms with Crippen LogP contribution in [0.15, 0.2) is 90.0 Å². The second kappa shape index (κ2) is 6.82. The zero-order chi connectivity index (χ0) is 20.0. The zero-order valence-electron chi connectivity index (χ0n) is 16.3. The van der Waals surface area contributed by atoms with Gasteiger partial charge in [-0.05, 0) is 41.0 Å². The van der Waals surface area contributed by atoms with Crippen LogP contribution in [-0.2, 0) is 9.95 Å². The van der Waals surface area contributed by atoms with Crippen LogP contribution < -0.4 is 4.74 Å². The summed E-state index contributed by atoms with van der Waals surface area (Å²) in [7, 11) is 0.835. The van der Waals surface area contributed by atoms with Crippen molar-refractivity contribution in [2.45, 2.75) is 17.7 Å². The molecule has 0 aliphatic carbocycles. The van der Waals surface area contributed by atoms with Gasteiger partial charge in [-0.3, -0.25) is 4.79 Å². The van der Waals surface area contributed by atoms with E-state index in [0.717, 1.165) is 17.0 Å². The van der Waals surface area contributed by atoms with Crippen molar-refractivity contribution in [2.75, 3.05) is 7.11 Å². The van der Waals surface area contributed by atoms with Crippen LogP contribution in [0.2, 0.25) is 0 Å². The van der Waals surface area contributed by atoms with Crippen LogP contribution in [0.3, 0.4) is 0 Å². The number of carbonyl (C=O) groups excluding carboxylic acids is 1. The normalized spacial score (nSPS) is 21.3. The van der Waals surface area contributed by atoms with E-state index < -0.39 is 8.07 Å². The fourth-order valence-electron chi connectivity index (χ4n) is 4.39. The van der Waals surface area contributed by atoms with Gasteiger partial charge in [0.15, 0.2) is 0 Å². The molecule has 2 heterocycles. The highest BCUT2D eigenvalue weighted by atomic mass is 31.1. The molecule has 0 aromatic heterocycles. The number of benzene rings is 3. The molecule has 5 rings (SSSR count). The Labute approximate surface area is 171 Å². The molecule has 144 valence electrons. The summed E-state index contributed by atoms with van der Waals surface area (Å²) in [5.41, 5.74) is 4.70. The Hall–Kier alpha value is -2.97. The lowest BCUT2D eigenvalue weighted by Gasteiger charge is -2.25. The first-order valence-electron chi connectivity index (χ1n) is 9.62. The minimum absolute atomic E-state index is 0.00152. The van der Waals surface area contributed by atoms with Gasteiger partial charge < -0.3 is 4.74 Å². The molecule has 2 aliphatic rings. The summed E-state index contributed by atoms with van der Waals surface area (Å²) in [5, 5.41) is 4.56. The molecule has 0 saturated carbocycles. The summed E-state index contributed by atoms with van der Waals surface area (Å²) in [5.74, 6) is 0.810. The molecule has 3 aromatic rings. The predicted molar refractivity (Wildman–Crippen MR) is 116 cm³/mol. The van der Waals surface area contributed by atoms with Crippen molar-refractivity contribution in [1.82, 2.24) is 4.78 Å². The van der Waals surface area contributed by atoms with Gasteiger partial charge in [0.05, 0.1) is 23.6 Å². The van der Waals surface area contributed by atoms with E-state index >= 15 is 0 Å². The Morgan fingerprint density at radius 3 is 1.97 bits per heavy atom. The van der Waals surface area contributed by atoms with E-state index in [1.807, 2.05) is 36.4 Å². The van der Waals surface area contributed by atoms with E-state index in [9.17, 15) is 4.79 Å². The maximum atomic E-state index is 12.5. The van der Waals surface area contributed by atoms with Crippen LogP contribution in [0.1, 0.15) is 23.6 Å². The molecule has 0 spiro atoms. The van der Waals surface area contributed by atoms with Crippen molar-refractivity contribution >= 4 is 19.7 Å². The quantitative estimate of drug-likeness (QED) is 0.580. The third kappa shape index (κ3) is 2.63.